The lowest BCUT2D eigenvalue weighted by atomic mass is 9.94. The third-order valence-electron chi connectivity index (χ3n) is 6.25. The number of ether oxygens (including phenoxy) is 2. The third-order valence-corrected chi connectivity index (χ3v) is 6.49. The van der Waals surface area contributed by atoms with Crippen LogP contribution in [0.15, 0.2) is 42.5 Å². The first kappa shape index (κ1) is 24.8. The molecule has 2 aliphatic rings. The molecule has 0 aromatic heterocycles. The molecule has 4 amide bonds. The molecule has 0 unspecified atom stereocenters. The monoisotopic (exact) mass is 500 g/mol. The van der Waals surface area contributed by atoms with Gasteiger partial charge in [0.25, 0.3) is 5.91 Å². The molecular weight excluding hydrogens is 472 g/mol. The first-order valence-corrected chi connectivity index (χ1v) is 11.8. The maximum atomic E-state index is 13.3. The molecule has 1 saturated heterocycles. The normalized spacial score (nSPS) is 21.5. The molecule has 10 heteroatoms. The lowest BCUT2D eigenvalue weighted by molar-refractivity contribution is -0.140. The number of fused-ring (bicyclic) bond motifs is 2. The Morgan fingerprint density at radius 1 is 1.11 bits per heavy atom. The number of urea groups is 1. The fourth-order valence-electron chi connectivity index (χ4n) is 4.34. The van der Waals surface area contributed by atoms with Crippen molar-refractivity contribution in [3.8, 4) is 5.75 Å². The van der Waals surface area contributed by atoms with E-state index in [0.29, 0.717) is 47.0 Å². The van der Waals surface area contributed by atoms with E-state index >= 15 is 0 Å². The number of nitrogens with one attached hydrogen (secondary N) is 2. The third kappa shape index (κ3) is 5.86. The Bertz CT molecular complexity index is 1120. The Balaban J connectivity index is 1.46. The standard InChI is InChI=1S/C25H29ClN4O5/c1-29(2)23(31)13-18-8-9-20-22(35-18)14-34-21-10-7-17(12-19(21)24(32)30(20)3)28-25(33)27-16-6-4-5-15(26)11-16/h4-7,10-12,18,20,22H,8-9,13-14H2,1-3H3,(H2,27,28,33)/t18-,20+,22-/m0/s1. The number of anilines is 2. The van der Waals surface area contributed by atoms with Crippen LogP contribution in [0.4, 0.5) is 16.2 Å². The molecule has 1 fully saturated rings. The smallest absolute Gasteiger partial charge is 0.323 e. The summed E-state index contributed by atoms with van der Waals surface area (Å²) in [7, 11) is 5.19. The Kier molecular flexibility index (Phi) is 7.47. The van der Waals surface area contributed by atoms with Crippen LogP contribution in [0.25, 0.3) is 0 Å². The van der Waals surface area contributed by atoms with Gasteiger partial charge in [-0.2, -0.15) is 0 Å². The van der Waals surface area contributed by atoms with Gasteiger partial charge >= 0.3 is 6.03 Å². The molecule has 0 spiro atoms. The van der Waals surface area contributed by atoms with Gasteiger partial charge in [0.1, 0.15) is 18.5 Å². The average molecular weight is 501 g/mol. The van der Waals surface area contributed by atoms with Crippen molar-refractivity contribution >= 4 is 40.8 Å². The van der Waals surface area contributed by atoms with Crippen LogP contribution >= 0.6 is 11.6 Å². The number of nitrogens with zero attached hydrogens (tertiary/aromatic N) is 2. The molecule has 35 heavy (non-hydrogen) atoms. The number of benzene rings is 2. The number of carbonyl (C=O) groups is 3. The van der Waals surface area contributed by atoms with Gasteiger partial charge < -0.3 is 29.9 Å². The Hall–Kier alpha value is -3.30. The molecule has 2 aliphatic heterocycles. The van der Waals surface area contributed by atoms with Crippen molar-refractivity contribution in [2.24, 2.45) is 0 Å². The Morgan fingerprint density at radius 3 is 2.57 bits per heavy atom. The summed E-state index contributed by atoms with van der Waals surface area (Å²) in [6.07, 6.45) is 1.14. The molecule has 2 aromatic carbocycles. The van der Waals surface area contributed by atoms with Gasteiger partial charge in [-0.15, -0.1) is 0 Å². The van der Waals surface area contributed by atoms with Crippen LogP contribution in [-0.4, -0.2) is 73.6 Å². The Morgan fingerprint density at radius 2 is 1.86 bits per heavy atom. The zero-order valence-corrected chi connectivity index (χ0v) is 20.7. The predicted octanol–water partition coefficient (Wildman–Crippen LogP) is 3.84. The van der Waals surface area contributed by atoms with E-state index in [1.54, 1.807) is 73.4 Å². The summed E-state index contributed by atoms with van der Waals surface area (Å²) < 4.78 is 12.2. The van der Waals surface area contributed by atoms with Crippen LogP contribution in [-0.2, 0) is 9.53 Å². The molecule has 0 bridgehead atoms. The van der Waals surface area contributed by atoms with Crippen LogP contribution in [0, 0.1) is 0 Å². The zero-order valence-electron chi connectivity index (χ0n) is 19.9. The molecule has 2 aromatic rings. The van der Waals surface area contributed by atoms with Gasteiger partial charge in [-0.3, -0.25) is 9.59 Å². The van der Waals surface area contributed by atoms with E-state index < -0.39 is 6.03 Å². The number of halogens is 1. The second-order valence-electron chi connectivity index (χ2n) is 8.96. The molecule has 2 N–H and O–H groups in total. The van der Waals surface area contributed by atoms with Crippen molar-refractivity contribution in [1.29, 1.82) is 0 Å². The minimum Gasteiger partial charge on any atom is -0.490 e. The fraction of sp³-hybridized carbons (Fsp3) is 0.400. The van der Waals surface area contributed by atoms with Gasteiger partial charge in [-0.05, 0) is 49.2 Å². The maximum Gasteiger partial charge on any atom is 0.323 e. The molecule has 9 nitrogen and oxygen atoms in total. The van der Waals surface area contributed by atoms with E-state index in [0.717, 1.165) is 0 Å². The van der Waals surface area contributed by atoms with Crippen molar-refractivity contribution in [3.63, 3.8) is 0 Å². The highest BCUT2D eigenvalue weighted by atomic mass is 35.5. The van der Waals surface area contributed by atoms with Crippen molar-refractivity contribution in [1.82, 2.24) is 9.80 Å². The lowest BCUT2D eigenvalue weighted by Gasteiger charge is -2.42. The Labute approximate surface area is 209 Å². The van der Waals surface area contributed by atoms with Crippen LogP contribution in [0.5, 0.6) is 5.75 Å². The summed E-state index contributed by atoms with van der Waals surface area (Å²) in [5.74, 6) is 0.200. The molecule has 0 aliphatic carbocycles. The SMILES string of the molecule is CN(C)C(=O)C[C@@H]1CC[C@@H]2[C@H](COc3ccc(NC(=O)Nc4cccc(Cl)c4)cc3C(=O)N2C)O1. The molecule has 0 radical (unpaired) electrons. The first-order chi connectivity index (χ1) is 16.7. The van der Waals surface area contributed by atoms with E-state index in [-0.39, 0.29) is 36.7 Å². The number of amides is 4. The highest BCUT2D eigenvalue weighted by molar-refractivity contribution is 6.30. The average Bonchev–Trinajstić information content (AvgIpc) is 2.81. The first-order valence-electron chi connectivity index (χ1n) is 11.4. The second kappa shape index (κ2) is 10.5. The number of hydrogen-bond donors (Lipinski definition) is 2. The summed E-state index contributed by atoms with van der Waals surface area (Å²) in [5.41, 5.74) is 1.36. The van der Waals surface area contributed by atoms with Crippen molar-refractivity contribution in [2.75, 3.05) is 38.4 Å². The largest absolute Gasteiger partial charge is 0.490 e. The summed E-state index contributed by atoms with van der Waals surface area (Å²) >= 11 is 5.96. The second-order valence-corrected chi connectivity index (χ2v) is 9.40. The summed E-state index contributed by atoms with van der Waals surface area (Å²) in [4.78, 5) is 41.1. The number of hydrogen-bond acceptors (Lipinski definition) is 5. The minimum absolute atomic E-state index is 0.00872. The van der Waals surface area contributed by atoms with Gasteiger partial charge in [0.2, 0.25) is 5.91 Å². The minimum atomic E-state index is -0.459. The van der Waals surface area contributed by atoms with Crippen LogP contribution in [0.1, 0.15) is 29.6 Å². The van der Waals surface area contributed by atoms with Gasteiger partial charge in [0, 0.05) is 37.5 Å². The van der Waals surface area contributed by atoms with Gasteiger partial charge in [-0.25, -0.2) is 4.79 Å². The molecule has 186 valence electrons. The molecule has 0 saturated carbocycles. The van der Waals surface area contributed by atoms with E-state index in [9.17, 15) is 14.4 Å². The molecule has 4 rings (SSSR count). The van der Waals surface area contributed by atoms with Crippen molar-refractivity contribution in [2.45, 2.75) is 37.5 Å². The number of carbonyl (C=O) groups excluding carboxylic acids is 3. The number of rotatable bonds is 4. The lowest BCUT2D eigenvalue weighted by Crippen LogP contribution is -2.53. The summed E-state index contributed by atoms with van der Waals surface area (Å²) in [6.45, 7) is 0.254. The zero-order chi connectivity index (χ0) is 25.1. The summed E-state index contributed by atoms with van der Waals surface area (Å²) in [5, 5.41) is 5.96. The predicted molar refractivity (Wildman–Crippen MR) is 133 cm³/mol. The van der Waals surface area contributed by atoms with Crippen molar-refractivity contribution < 1.29 is 23.9 Å². The number of likely N-dealkylation sites (N-methyl/N-ethyl adjacent to an activating group) is 1. The van der Waals surface area contributed by atoms with E-state index in [1.165, 1.54) is 0 Å². The fourth-order valence-corrected chi connectivity index (χ4v) is 4.53. The van der Waals surface area contributed by atoms with Crippen LogP contribution in [0.3, 0.4) is 0 Å². The maximum absolute atomic E-state index is 13.3. The molecule has 3 atom stereocenters. The van der Waals surface area contributed by atoms with E-state index in [1.807, 2.05) is 0 Å². The summed E-state index contributed by atoms with van der Waals surface area (Å²) in [6, 6.07) is 11.1. The molecular formula is C25H29ClN4O5. The van der Waals surface area contributed by atoms with Gasteiger partial charge in [0.05, 0.1) is 24.1 Å². The van der Waals surface area contributed by atoms with Crippen LogP contribution in [0.2, 0.25) is 5.02 Å². The highest BCUT2D eigenvalue weighted by Crippen LogP contribution is 2.32. The van der Waals surface area contributed by atoms with E-state index in [2.05, 4.69) is 10.6 Å². The topological polar surface area (TPSA) is 100 Å². The van der Waals surface area contributed by atoms with E-state index in [4.69, 9.17) is 21.1 Å². The highest BCUT2D eigenvalue weighted by Gasteiger charge is 2.39. The van der Waals surface area contributed by atoms with Crippen molar-refractivity contribution in [3.05, 3.63) is 53.1 Å². The van der Waals surface area contributed by atoms with Crippen LogP contribution < -0.4 is 15.4 Å². The van der Waals surface area contributed by atoms with Gasteiger partial charge in [-0.1, -0.05) is 17.7 Å². The quantitative estimate of drug-likeness (QED) is 0.664. The van der Waals surface area contributed by atoms with Gasteiger partial charge in [0.15, 0.2) is 0 Å². The molecule has 2 heterocycles.